The summed E-state index contributed by atoms with van der Waals surface area (Å²) in [6.45, 7) is 10.4. The van der Waals surface area contributed by atoms with Crippen LogP contribution in [0.1, 0.15) is 39.7 Å². The zero-order chi connectivity index (χ0) is 11.7. The minimum absolute atomic E-state index is 1.25. The lowest BCUT2D eigenvalue weighted by atomic mass is 10.2. The van der Waals surface area contributed by atoms with Crippen LogP contribution < -0.4 is 0 Å². The van der Waals surface area contributed by atoms with Crippen molar-refractivity contribution in [3.63, 3.8) is 0 Å². The molecule has 0 aliphatic heterocycles. The van der Waals surface area contributed by atoms with E-state index in [-0.39, 0.29) is 0 Å². The van der Waals surface area contributed by atoms with Gasteiger partial charge in [-0.15, -0.1) is 11.3 Å². The summed E-state index contributed by atoms with van der Waals surface area (Å²) in [5.74, 6) is 0. The van der Waals surface area contributed by atoms with Crippen molar-refractivity contribution in [3.05, 3.63) is 35.2 Å². The van der Waals surface area contributed by atoms with Crippen LogP contribution in [0.2, 0.25) is 0 Å². The van der Waals surface area contributed by atoms with Gasteiger partial charge in [-0.3, -0.25) is 0 Å². The summed E-state index contributed by atoms with van der Waals surface area (Å²) in [4.78, 5) is 0. The predicted molar refractivity (Wildman–Crippen MR) is 73.9 cm³/mol. The second-order valence-electron chi connectivity index (χ2n) is 3.17. The van der Waals surface area contributed by atoms with Crippen LogP contribution in [0.4, 0.5) is 0 Å². The fraction of sp³-hybridized carbons (Fsp3) is 0.429. The molecule has 0 N–H and O–H groups in total. The summed E-state index contributed by atoms with van der Waals surface area (Å²) in [7, 11) is 0. The Labute approximate surface area is 98.0 Å². The van der Waals surface area contributed by atoms with Crippen LogP contribution in [0.5, 0.6) is 0 Å². The van der Waals surface area contributed by atoms with Crippen LogP contribution in [0.25, 0.3) is 10.1 Å². The first-order chi connectivity index (χ1) is 7.27. The molecule has 0 aliphatic rings. The molecule has 0 saturated carbocycles. The Morgan fingerprint density at radius 2 is 1.67 bits per heavy atom. The van der Waals surface area contributed by atoms with Crippen LogP contribution in [-0.2, 0) is 0 Å². The van der Waals surface area contributed by atoms with Crippen LogP contribution in [-0.4, -0.2) is 0 Å². The first-order valence-electron chi connectivity index (χ1n) is 5.71. The summed E-state index contributed by atoms with van der Waals surface area (Å²) in [6.07, 6.45) is 1.25. The van der Waals surface area contributed by atoms with Gasteiger partial charge in [0.15, 0.2) is 0 Å². The van der Waals surface area contributed by atoms with E-state index in [4.69, 9.17) is 0 Å². The maximum Gasteiger partial charge on any atom is 0.0342 e. The highest BCUT2D eigenvalue weighted by atomic mass is 32.1. The fourth-order valence-electron chi connectivity index (χ4n) is 1.09. The molecule has 0 bridgehead atoms. The van der Waals surface area contributed by atoms with Gasteiger partial charge in [0.2, 0.25) is 0 Å². The van der Waals surface area contributed by atoms with E-state index in [1.54, 1.807) is 11.3 Å². The van der Waals surface area contributed by atoms with Crippen LogP contribution in [0, 0.1) is 6.92 Å². The molecule has 1 aromatic heterocycles. The van der Waals surface area contributed by atoms with E-state index in [9.17, 15) is 0 Å². The molecule has 0 amide bonds. The molecule has 0 unspecified atom stereocenters. The van der Waals surface area contributed by atoms with Gasteiger partial charge in [-0.2, -0.15) is 0 Å². The number of benzene rings is 1. The van der Waals surface area contributed by atoms with Crippen LogP contribution in [0.15, 0.2) is 29.6 Å². The molecular weight excluding hydrogens is 200 g/mol. The monoisotopic (exact) mass is 222 g/mol. The van der Waals surface area contributed by atoms with E-state index >= 15 is 0 Å². The first kappa shape index (κ1) is 14.2. The lowest BCUT2D eigenvalue weighted by Crippen LogP contribution is -1.67. The Hall–Kier alpha value is -0.820. The van der Waals surface area contributed by atoms with Crippen molar-refractivity contribution in [2.75, 3.05) is 0 Å². The maximum absolute atomic E-state index is 2.21. The Morgan fingerprint density at radius 1 is 1.07 bits per heavy atom. The highest BCUT2D eigenvalue weighted by Gasteiger charge is 1.91. The van der Waals surface area contributed by atoms with E-state index in [0.29, 0.717) is 0 Å². The number of fused-ring (bicyclic) bond motifs is 1. The molecule has 1 aromatic carbocycles. The number of rotatable bonds is 0. The molecule has 15 heavy (non-hydrogen) atoms. The molecule has 2 rings (SSSR count). The van der Waals surface area contributed by atoms with Crippen LogP contribution >= 0.6 is 11.3 Å². The van der Waals surface area contributed by atoms with Crippen molar-refractivity contribution in [1.29, 1.82) is 0 Å². The molecule has 0 atom stereocenters. The maximum atomic E-state index is 2.21. The Balaban J connectivity index is 0.000000342. The summed E-state index contributed by atoms with van der Waals surface area (Å²) in [5.41, 5.74) is 1.34. The summed E-state index contributed by atoms with van der Waals surface area (Å²) >= 11 is 1.80. The first-order valence-corrected chi connectivity index (χ1v) is 6.59. The average Bonchev–Trinajstić information content (AvgIpc) is 2.69. The van der Waals surface area contributed by atoms with Crippen molar-refractivity contribution < 1.29 is 0 Å². The smallest absolute Gasteiger partial charge is 0.0342 e. The van der Waals surface area contributed by atoms with Crippen molar-refractivity contribution in [2.45, 2.75) is 41.0 Å². The zero-order valence-electron chi connectivity index (χ0n) is 10.5. The molecule has 0 aliphatic carbocycles. The minimum atomic E-state index is 1.25. The van der Waals surface area contributed by atoms with E-state index in [2.05, 4.69) is 50.4 Å². The largest absolute Gasteiger partial charge is 0.144 e. The normalized spacial score (nSPS) is 8.60. The molecule has 1 heterocycles. The van der Waals surface area contributed by atoms with Crippen molar-refractivity contribution in [3.8, 4) is 0 Å². The van der Waals surface area contributed by atoms with E-state index in [1.807, 2.05) is 13.8 Å². The summed E-state index contributed by atoms with van der Waals surface area (Å²) < 4.78 is 1.38. The lowest BCUT2D eigenvalue weighted by molar-refractivity contribution is 1.09. The molecule has 0 radical (unpaired) electrons. The molecule has 0 fully saturated rings. The molecule has 0 saturated heterocycles. The Morgan fingerprint density at radius 3 is 2.27 bits per heavy atom. The van der Waals surface area contributed by atoms with Crippen molar-refractivity contribution in [1.82, 2.24) is 0 Å². The molecular formula is C14H22S. The highest BCUT2D eigenvalue weighted by molar-refractivity contribution is 7.17. The highest BCUT2D eigenvalue weighted by Crippen LogP contribution is 2.20. The van der Waals surface area contributed by atoms with E-state index in [0.717, 1.165) is 0 Å². The fourth-order valence-corrected chi connectivity index (χ4v) is 1.86. The van der Waals surface area contributed by atoms with Gasteiger partial charge in [0.1, 0.15) is 0 Å². The quantitative estimate of drug-likeness (QED) is 0.540. The van der Waals surface area contributed by atoms with E-state index < -0.39 is 0 Å². The van der Waals surface area contributed by atoms with Gasteiger partial charge in [0, 0.05) is 4.70 Å². The lowest BCUT2D eigenvalue weighted by Gasteiger charge is -1.89. The Kier molecular flexibility index (Phi) is 8.02. The van der Waals surface area contributed by atoms with Gasteiger partial charge >= 0.3 is 0 Å². The van der Waals surface area contributed by atoms with Gasteiger partial charge in [-0.25, -0.2) is 0 Å². The Bertz CT molecular complexity index is 360. The predicted octanol–water partition coefficient (Wildman–Crippen LogP) is 5.65. The van der Waals surface area contributed by atoms with E-state index in [1.165, 1.54) is 22.1 Å². The SMILES string of the molecule is CC.CCC.Cc1ccc2sccc2c1. The average molecular weight is 222 g/mol. The van der Waals surface area contributed by atoms with Crippen LogP contribution in [0.3, 0.4) is 0 Å². The summed E-state index contributed by atoms with van der Waals surface area (Å²) in [6, 6.07) is 8.70. The zero-order valence-corrected chi connectivity index (χ0v) is 11.3. The number of hydrogen-bond donors (Lipinski definition) is 0. The third kappa shape index (κ3) is 4.98. The third-order valence-corrected chi connectivity index (χ3v) is 2.51. The second-order valence-corrected chi connectivity index (χ2v) is 4.12. The number of thiophene rings is 1. The molecule has 0 spiro atoms. The third-order valence-electron chi connectivity index (χ3n) is 1.61. The van der Waals surface area contributed by atoms with Gasteiger partial charge in [0.05, 0.1) is 0 Å². The van der Waals surface area contributed by atoms with Gasteiger partial charge in [-0.05, 0) is 29.8 Å². The number of hydrogen-bond acceptors (Lipinski definition) is 1. The molecule has 84 valence electrons. The van der Waals surface area contributed by atoms with Gasteiger partial charge in [-0.1, -0.05) is 51.8 Å². The molecule has 2 aromatic rings. The molecule has 1 heteroatoms. The minimum Gasteiger partial charge on any atom is -0.144 e. The van der Waals surface area contributed by atoms with Gasteiger partial charge < -0.3 is 0 Å². The van der Waals surface area contributed by atoms with Gasteiger partial charge in [0.25, 0.3) is 0 Å². The summed E-state index contributed by atoms with van der Waals surface area (Å²) in [5, 5.41) is 3.49. The standard InChI is InChI=1S/C9H8S.C3H8.C2H6/c1-7-2-3-9-8(6-7)4-5-10-9;1-3-2;1-2/h2-6H,1H3;3H2,1-2H3;1-2H3. The van der Waals surface area contributed by atoms with Crippen molar-refractivity contribution in [2.24, 2.45) is 0 Å². The second kappa shape index (κ2) is 8.49. The number of aryl methyl sites for hydroxylation is 1. The molecule has 0 nitrogen and oxygen atoms in total. The van der Waals surface area contributed by atoms with Crippen molar-refractivity contribution >= 4 is 21.4 Å². The topological polar surface area (TPSA) is 0 Å².